The number of anilines is 1. The Morgan fingerprint density at radius 3 is 2.79 bits per heavy atom. The molecule has 1 aliphatic heterocycles. The first-order valence-corrected chi connectivity index (χ1v) is 14.7. The first-order valence-electron chi connectivity index (χ1n) is 12.5. The van der Waals surface area contributed by atoms with Gasteiger partial charge >= 0.3 is 5.97 Å². The van der Waals surface area contributed by atoms with Crippen molar-refractivity contribution in [2.45, 2.75) is 45.0 Å². The van der Waals surface area contributed by atoms with Gasteiger partial charge in [0.25, 0.3) is 0 Å². The molecule has 0 saturated carbocycles. The van der Waals surface area contributed by atoms with E-state index in [0.717, 1.165) is 23.3 Å². The summed E-state index contributed by atoms with van der Waals surface area (Å²) in [6.45, 7) is 10.3. The van der Waals surface area contributed by atoms with Gasteiger partial charge in [0.15, 0.2) is 11.5 Å². The fourth-order valence-corrected chi connectivity index (χ4v) is 5.53. The lowest BCUT2D eigenvalue weighted by Crippen LogP contribution is -2.29. The minimum absolute atomic E-state index is 0.0901. The molecule has 0 fully saturated rings. The molecule has 1 aromatic heterocycles. The van der Waals surface area contributed by atoms with Gasteiger partial charge in [-0.05, 0) is 60.0 Å². The standard InChI is InChI=1S/C28H30BrClN4O4S/c1-5-12-37-26(35)23-17(4)31-27-32-28(39-13-6-2)33-34(27)24(23)19-14-20(29)25(22(15-19)36-7-3)38-16-18-10-8-9-11-21(18)30/h5,8-11,14-15,24H,1,6-7,12-13,16H2,2-4H3,(H,31,32,33). The zero-order chi connectivity index (χ0) is 27.9. The van der Waals surface area contributed by atoms with Crippen LogP contribution < -0.4 is 14.8 Å². The third kappa shape index (κ3) is 6.62. The third-order valence-corrected chi connectivity index (χ3v) is 7.80. The van der Waals surface area contributed by atoms with Crippen molar-refractivity contribution in [3.63, 3.8) is 0 Å². The largest absolute Gasteiger partial charge is 0.490 e. The van der Waals surface area contributed by atoms with E-state index in [1.54, 1.807) is 16.4 Å². The molecule has 1 unspecified atom stereocenters. The zero-order valence-electron chi connectivity index (χ0n) is 22.0. The Kier molecular flexibility index (Phi) is 9.99. The molecule has 3 aromatic rings. The molecule has 0 bridgehead atoms. The number of allylic oxidation sites excluding steroid dienone is 1. The molecule has 0 spiro atoms. The number of nitrogens with one attached hydrogen (secondary N) is 1. The van der Waals surface area contributed by atoms with Crippen LogP contribution in [0.1, 0.15) is 44.4 Å². The van der Waals surface area contributed by atoms with Crippen LogP contribution >= 0.6 is 39.3 Å². The van der Waals surface area contributed by atoms with Gasteiger partial charge in [-0.2, -0.15) is 4.98 Å². The quantitative estimate of drug-likeness (QED) is 0.127. The third-order valence-electron chi connectivity index (χ3n) is 5.80. The van der Waals surface area contributed by atoms with Crippen LogP contribution in [-0.4, -0.2) is 39.7 Å². The first-order chi connectivity index (χ1) is 18.9. The number of hydrogen-bond donors (Lipinski definition) is 1. The number of esters is 1. The van der Waals surface area contributed by atoms with Gasteiger partial charge in [0, 0.05) is 22.0 Å². The Morgan fingerprint density at radius 2 is 2.08 bits per heavy atom. The lowest BCUT2D eigenvalue weighted by atomic mass is 9.95. The Bertz CT molecular complexity index is 1390. The van der Waals surface area contributed by atoms with Crippen LogP contribution in [0.5, 0.6) is 11.5 Å². The lowest BCUT2D eigenvalue weighted by Gasteiger charge is -2.29. The van der Waals surface area contributed by atoms with Crippen molar-refractivity contribution in [1.29, 1.82) is 0 Å². The Labute approximate surface area is 245 Å². The number of rotatable bonds is 12. The molecular weight excluding hydrogens is 604 g/mol. The number of benzene rings is 2. The normalized spacial score (nSPS) is 14.4. The summed E-state index contributed by atoms with van der Waals surface area (Å²) >= 11 is 11.6. The minimum atomic E-state index is -0.616. The number of carbonyl (C=O) groups excluding carboxylic acids is 1. The SMILES string of the molecule is C=CCOC(=O)C1=C(C)Nc2nc(SCCC)nn2C1c1cc(Br)c(OCc2ccccc2Cl)c(OCC)c1. The maximum atomic E-state index is 13.3. The van der Waals surface area contributed by atoms with E-state index in [9.17, 15) is 4.79 Å². The van der Waals surface area contributed by atoms with Crippen LogP contribution in [0.25, 0.3) is 0 Å². The average molecular weight is 634 g/mol. The van der Waals surface area contributed by atoms with Gasteiger partial charge < -0.3 is 19.5 Å². The van der Waals surface area contributed by atoms with Gasteiger partial charge in [-0.25, -0.2) is 9.48 Å². The molecule has 0 radical (unpaired) electrons. The summed E-state index contributed by atoms with van der Waals surface area (Å²) in [6, 6.07) is 10.7. The van der Waals surface area contributed by atoms with Crippen LogP contribution in [0.4, 0.5) is 5.95 Å². The van der Waals surface area contributed by atoms with E-state index in [0.29, 0.717) is 50.0 Å². The second-order valence-corrected chi connectivity index (χ2v) is 10.9. The average Bonchev–Trinajstić information content (AvgIpc) is 3.32. The number of aromatic nitrogens is 3. The molecule has 0 saturated heterocycles. The number of ether oxygens (including phenoxy) is 3. The highest BCUT2D eigenvalue weighted by atomic mass is 79.9. The summed E-state index contributed by atoms with van der Waals surface area (Å²) in [5, 5.41) is 9.22. The molecule has 2 heterocycles. The van der Waals surface area contributed by atoms with Gasteiger partial charge in [-0.1, -0.05) is 61.1 Å². The van der Waals surface area contributed by atoms with Crippen LogP contribution in [-0.2, 0) is 16.1 Å². The summed E-state index contributed by atoms with van der Waals surface area (Å²) < 4.78 is 20.0. The van der Waals surface area contributed by atoms with Gasteiger partial charge in [-0.15, -0.1) is 5.10 Å². The van der Waals surface area contributed by atoms with Gasteiger partial charge in [0.2, 0.25) is 11.1 Å². The molecule has 206 valence electrons. The second-order valence-electron chi connectivity index (χ2n) is 8.61. The Morgan fingerprint density at radius 1 is 1.28 bits per heavy atom. The maximum Gasteiger partial charge on any atom is 0.338 e. The molecule has 0 amide bonds. The highest BCUT2D eigenvalue weighted by molar-refractivity contribution is 9.10. The topological polar surface area (TPSA) is 87.5 Å². The summed E-state index contributed by atoms with van der Waals surface area (Å²) in [4.78, 5) is 17.9. The molecule has 8 nitrogen and oxygen atoms in total. The van der Waals surface area contributed by atoms with Crippen molar-refractivity contribution in [3.8, 4) is 11.5 Å². The molecule has 39 heavy (non-hydrogen) atoms. The van der Waals surface area contributed by atoms with Crippen molar-refractivity contribution in [1.82, 2.24) is 14.8 Å². The van der Waals surface area contributed by atoms with E-state index in [-0.39, 0.29) is 13.2 Å². The predicted molar refractivity (Wildman–Crippen MR) is 158 cm³/mol. The number of thioether (sulfide) groups is 1. The van der Waals surface area contributed by atoms with E-state index in [1.165, 1.54) is 6.08 Å². The monoisotopic (exact) mass is 632 g/mol. The molecule has 4 rings (SSSR count). The molecule has 0 aliphatic carbocycles. The van der Waals surface area contributed by atoms with Crippen molar-refractivity contribution in [3.05, 3.63) is 80.9 Å². The zero-order valence-corrected chi connectivity index (χ0v) is 25.2. The van der Waals surface area contributed by atoms with E-state index in [2.05, 4.69) is 39.7 Å². The van der Waals surface area contributed by atoms with Gasteiger partial charge in [0.05, 0.1) is 16.7 Å². The predicted octanol–water partition coefficient (Wildman–Crippen LogP) is 7.19. The highest BCUT2D eigenvalue weighted by Gasteiger charge is 2.36. The molecule has 11 heteroatoms. The minimum Gasteiger partial charge on any atom is -0.490 e. The van der Waals surface area contributed by atoms with E-state index >= 15 is 0 Å². The summed E-state index contributed by atoms with van der Waals surface area (Å²) in [5.41, 5.74) is 2.65. The lowest BCUT2D eigenvalue weighted by molar-refractivity contribution is -0.138. The summed E-state index contributed by atoms with van der Waals surface area (Å²) in [7, 11) is 0. The van der Waals surface area contributed by atoms with E-state index < -0.39 is 12.0 Å². The number of hydrogen-bond acceptors (Lipinski definition) is 8. The molecule has 1 atom stereocenters. The fourth-order valence-electron chi connectivity index (χ4n) is 4.08. The smallest absolute Gasteiger partial charge is 0.338 e. The molecule has 1 aliphatic rings. The van der Waals surface area contributed by atoms with Crippen molar-refractivity contribution in [2.24, 2.45) is 0 Å². The van der Waals surface area contributed by atoms with Crippen LogP contribution in [0.2, 0.25) is 5.02 Å². The first kappa shape index (κ1) is 29.0. The Balaban J connectivity index is 1.78. The van der Waals surface area contributed by atoms with Gasteiger partial charge in [-0.3, -0.25) is 0 Å². The Hall–Kier alpha value is -2.95. The fraction of sp³-hybridized carbons (Fsp3) is 0.321. The number of nitrogens with zero attached hydrogens (tertiary/aromatic N) is 3. The van der Waals surface area contributed by atoms with Crippen LogP contribution in [0, 0.1) is 0 Å². The van der Waals surface area contributed by atoms with Crippen molar-refractivity contribution in [2.75, 3.05) is 24.3 Å². The molecule has 1 N–H and O–H groups in total. The van der Waals surface area contributed by atoms with Crippen molar-refractivity contribution >= 4 is 51.2 Å². The van der Waals surface area contributed by atoms with Crippen molar-refractivity contribution < 1.29 is 19.0 Å². The maximum absolute atomic E-state index is 13.3. The van der Waals surface area contributed by atoms with E-state index in [1.807, 2.05) is 50.2 Å². The molecular formula is C28H30BrClN4O4S. The van der Waals surface area contributed by atoms with Crippen LogP contribution in [0.3, 0.4) is 0 Å². The number of halogens is 2. The van der Waals surface area contributed by atoms with E-state index in [4.69, 9.17) is 30.9 Å². The number of carbonyl (C=O) groups is 1. The second kappa shape index (κ2) is 13.4. The molecule has 2 aromatic carbocycles. The van der Waals surface area contributed by atoms with Gasteiger partial charge in [0.1, 0.15) is 19.3 Å². The number of fused-ring (bicyclic) bond motifs is 1. The van der Waals surface area contributed by atoms with Crippen LogP contribution in [0.15, 0.2) is 70.0 Å². The summed E-state index contributed by atoms with van der Waals surface area (Å²) in [5.74, 6) is 2.01. The summed E-state index contributed by atoms with van der Waals surface area (Å²) in [6.07, 6.45) is 2.52. The highest BCUT2D eigenvalue weighted by Crippen LogP contribution is 2.43.